The Balaban J connectivity index is 3.45. The molecule has 0 bridgehead atoms. The second-order valence-corrected chi connectivity index (χ2v) is 3.43. The third-order valence-corrected chi connectivity index (χ3v) is 2.18. The molecule has 4 nitrogen and oxygen atoms in total. The van der Waals surface area contributed by atoms with Crippen LogP contribution in [0.25, 0.3) is 0 Å². The molecule has 0 unspecified atom stereocenters. The number of halogens is 4. The van der Waals surface area contributed by atoms with Crippen molar-refractivity contribution in [2.75, 3.05) is 0 Å². The molecule has 76 valence electrons. The highest BCUT2D eigenvalue weighted by molar-refractivity contribution is 14.1. The van der Waals surface area contributed by atoms with E-state index in [1.165, 1.54) is 22.6 Å². The van der Waals surface area contributed by atoms with E-state index in [4.69, 9.17) is 0 Å². The molecule has 0 N–H and O–H groups in total. The lowest BCUT2D eigenvalue weighted by atomic mass is 10.2. The Labute approximate surface area is 89.4 Å². The molecule has 1 heterocycles. The summed E-state index contributed by atoms with van der Waals surface area (Å²) < 4.78 is 36.7. The van der Waals surface area contributed by atoms with Crippen LogP contribution in [0.5, 0.6) is 0 Å². The summed E-state index contributed by atoms with van der Waals surface area (Å²) >= 11 is 1.36. The van der Waals surface area contributed by atoms with Gasteiger partial charge in [-0.1, -0.05) is 0 Å². The Bertz CT molecular complexity index is 380. The van der Waals surface area contributed by atoms with Crippen molar-refractivity contribution in [3.63, 3.8) is 0 Å². The van der Waals surface area contributed by atoms with Gasteiger partial charge in [-0.2, -0.15) is 13.2 Å². The van der Waals surface area contributed by atoms with Crippen LogP contribution in [0, 0.1) is 13.7 Å². The molecule has 0 atom stereocenters. The molecule has 1 aromatic rings. The lowest BCUT2D eigenvalue weighted by molar-refractivity contribution is -0.388. The molecule has 0 aliphatic rings. The van der Waals surface area contributed by atoms with Crippen molar-refractivity contribution in [2.45, 2.75) is 6.18 Å². The Kier molecular flexibility index (Phi) is 2.92. The van der Waals surface area contributed by atoms with Crippen LogP contribution in [0.2, 0.25) is 0 Å². The number of hydrogen-bond acceptors (Lipinski definition) is 3. The number of rotatable bonds is 1. The maximum Gasteiger partial charge on any atom is 0.424 e. The van der Waals surface area contributed by atoms with Crippen LogP contribution in [-0.2, 0) is 6.18 Å². The summed E-state index contributed by atoms with van der Waals surface area (Å²) in [6, 6.07) is 0. The van der Waals surface area contributed by atoms with Crippen LogP contribution in [0.3, 0.4) is 0 Å². The number of pyridine rings is 1. The molecular formula is C6H2F3IN2O2. The first-order valence-corrected chi connectivity index (χ1v) is 4.27. The molecule has 0 amide bonds. The fourth-order valence-corrected chi connectivity index (χ4v) is 1.59. The van der Waals surface area contributed by atoms with Gasteiger partial charge in [0.25, 0.3) is 0 Å². The monoisotopic (exact) mass is 318 g/mol. The summed E-state index contributed by atoms with van der Waals surface area (Å²) in [5.41, 5.74) is -2.28. The van der Waals surface area contributed by atoms with Crippen LogP contribution in [0.1, 0.15) is 5.56 Å². The number of aromatic nitrogens is 1. The van der Waals surface area contributed by atoms with Gasteiger partial charge in [-0.3, -0.25) is 15.1 Å². The Morgan fingerprint density at radius 1 is 1.43 bits per heavy atom. The van der Waals surface area contributed by atoms with Crippen molar-refractivity contribution in [3.05, 3.63) is 31.6 Å². The van der Waals surface area contributed by atoms with Gasteiger partial charge in [0.05, 0.1) is 8.49 Å². The minimum absolute atomic E-state index is 0.288. The second kappa shape index (κ2) is 3.67. The maximum atomic E-state index is 12.3. The van der Waals surface area contributed by atoms with Crippen LogP contribution in [0.15, 0.2) is 12.4 Å². The highest BCUT2D eigenvalue weighted by Crippen LogP contribution is 2.38. The summed E-state index contributed by atoms with van der Waals surface area (Å²) in [6.07, 6.45) is -3.22. The highest BCUT2D eigenvalue weighted by Gasteiger charge is 2.40. The molecule has 0 saturated carbocycles. The third kappa shape index (κ3) is 2.11. The molecule has 0 saturated heterocycles. The topological polar surface area (TPSA) is 56.0 Å². The van der Waals surface area contributed by atoms with Gasteiger partial charge in [0.15, 0.2) is 0 Å². The van der Waals surface area contributed by atoms with Gasteiger partial charge in [-0.05, 0) is 22.6 Å². The first-order valence-electron chi connectivity index (χ1n) is 3.19. The van der Waals surface area contributed by atoms with Crippen molar-refractivity contribution in [1.82, 2.24) is 4.98 Å². The first kappa shape index (κ1) is 11.1. The van der Waals surface area contributed by atoms with Crippen molar-refractivity contribution < 1.29 is 18.1 Å². The zero-order valence-electron chi connectivity index (χ0n) is 6.38. The van der Waals surface area contributed by atoms with Gasteiger partial charge in [0, 0.05) is 6.20 Å². The Morgan fingerprint density at radius 2 is 2.00 bits per heavy atom. The molecular weight excluding hydrogens is 316 g/mol. The van der Waals surface area contributed by atoms with Gasteiger partial charge >= 0.3 is 11.9 Å². The number of alkyl halides is 3. The van der Waals surface area contributed by atoms with E-state index < -0.39 is 22.4 Å². The first-order chi connectivity index (χ1) is 6.34. The lowest BCUT2D eigenvalue weighted by Gasteiger charge is -2.08. The van der Waals surface area contributed by atoms with E-state index in [9.17, 15) is 23.3 Å². The fraction of sp³-hybridized carbons (Fsp3) is 0.167. The van der Waals surface area contributed by atoms with E-state index in [2.05, 4.69) is 4.98 Å². The number of nitrogens with zero attached hydrogens (tertiary/aromatic N) is 2. The van der Waals surface area contributed by atoms with Crippen molar-refractivity contribution in [3.8, 4) is 0 Å². The van der Waals surface area contributed by atoms with Crippen molar-refractivity contribution >= 4 is 28.3 Å². The predicted octanol–water partition coefficient (Wildman–Crippen LogP) is 2.61. The van der Waals surface area contributed by atoms with Gasteiger partial charge in [0.1, 0.15) is 11.8 Å². The standard InChI is InChI=1S/C6H2F3IN2O2/c7-6(8,9)5-3(10)1-11-2-4(5)12(13)14/h1-2H. The second-order valence-electron chi connectivity index (χ2n) is 2.27. The summed E-state index contributed by atoms with van der Waals surface area (Å²) in [7, 11) is 0. The Hall–Kier alpha value is -0.930. The molecule has 8 heteroatoms. The van der Waals surface area contributed by atoms with E-state index in [0.717, 1.165) is 6.20 Å². The summed E-state index contributed by atoms with van der Waals surface area (Å²) in [4.78, 5) is 12.5. The molecule has 14 heavy (non-hydrogen) atoms. The van der Waals surface area contributed by atoms with Crippen LogP contribution < -0.4 is 0 Å². The zero-order valence-corrected chi connectivity index (χ0v) is 8.53. The normalized spacial score (nSPS) is 11.4. The zero-order chi connectivity index (χ0) is 10.9. The summed E-state index contributed by atoms with van der Waals surface area (Å²) in [5, 5.41) is 10.3. The highest BCUT2D eigenvalue weighted by atomic mass is 127. The molecule has 0 spiro atoms. The minimum Gasteiger partial charge on any atom is -0.258 e. The van der Waals surface area contributed by atoms with E-state index in [-0.39, 0.29) is 3.57 Å². The fourth-order valence-electron chi connectivity index (χ4n) is 0.844. The average Bonchev–Trinajstić information content (AvgIpc) is 2.01. The smallest absolute Gasteiger partial charge is 0.258 e. The van der Waals surface area contributed by atoms with Crippen LogP contribution in [-0.4, -0.2) is 9.91 Å². The SMILES string of the molecule is O=[N+]([O-])c1cncc(I)c1C(F)(F)F. The molecule has 0 aliphatic carbocycles. The molecule has 0 fully saturated rings. The molecule has 0 radical (unpaired) electrons. The predicted molar refractivity (Wildman–Crippen MR) is 48.6 cm³/mol. The van der Waals surface area contributed by atoms with Gasteiger partial charge in [-0.15, -0.1) is 0 Å². The van der Waals surface area contributed by atoms with Crippen molar-refractivity contribution in [2.24, 2.45) is 0 Å². The minimum atomic E-state index is -4.73. The van der Waals surface area contributed by atoms with E-state index in [1.54, 1.807) is 0 Å². The Morgan fingerprint density at radius 3 is 2.36 bits per heavy atom. The van der Waals surface area contributed by atoms with E-state index in [0.29, 0.717) is 6.20 Å². The van der Waals surface area contributed by atoms with E-state index in [1.807, 2.05) is 0 Å². The molecule has 1 rings (SSSR count). The van der Waals surface area contributed by atoms with Crippen LogP contribution in [0.4, 0.5) is 18.9 Å². The molecule has 0 aromatic carbocycles. The largest absolute Gasteiger partial charge is 0.424 e. The number of nitro groups is 1. The quantitative estimate of drug-likeness (QED) is 0.454. The maximum absolute atomic E-state index is 12.3. The number of hydrogen-bond donors (Lipinski definition) is 0. The molecule has 0 aliphatic heterocycles. The van der Waals surface area contributed by atoms with Gasteiger partial charge in [0.2, 0.25) is 0 Å². The molecule has 1 aromatic heterocycles. The lowest BCUT2D eigenvalue weighted by Crippen LogP contribution is -2.11. The van der Waals surface area contributed by atoms with Gasteiger partial charge < -0.3 is 0 Å². The van der Waals surface area contributed by atoms with E-state index >= 15 is 0 Å². The summed E-state index contributed by atoms with van der Waals surface area (Å²) in [5.74, 6) is 0. The third-order valence-electron chi connectivity index (χ3n) is 1.36. The summed E-state index contributed by atoms with van der Waals surface area (Å²) in [6.45, 7) is 0. The van der Waals surface area contributed by atoms with Crippen LogP contribution >= 0.6 is 22.6 Å². The van der Waals surface area contributed by atoms with Crippen molar-refractivity contribution in [1.29, 1.82) is 0 Å². The van der Waals surface area contributed by atoms with Gasteiger partial charge in [-0.25, -0.2) is 0 Å². The average molecular weight is 318 g/mol.